The molecule has 6 heteroatoms. The summed E-state index contributed by atoms with van der Waals surface area (Å²) in [7, 11) is -3.17. The standard InChI is InChI=1S/C12H13NO3S2/c1-8(14)12-13-11(7-17-12)9-3-5-10(6-4-9)18(2,15)16/h3-8,14H,1-2H3. The second-order valence-electron chi connectivity index (χ2n) is 4.04. The molecule has 18 heavy (non-hydrogen) atoms. The van der Waals surface area contributed by atoms with Gasteiger partial charge in [0.2, 0.25) is 0 Å². The molecule has 1 aromatic heterocycles. The quantitative estimate of drug-likeness (QED) is 0.938. The highest BCUT2D eigenvalue weighted by Crippen LogP contribution is 2.26. The summed E-state index contributed by atoms with van der Waals surface area (Å²) in [5.41, 5.74) is 1.58. The monoisotopic (exact) mass is 283 g/mol. The molecule has 96 valence electrons. The largest absolute Gasteiger partial charge is 0.386 e. The lowest BCUT2D eigenvalue weighted by Crippen LogP contribution is -1.96. The van der Waals surface area contributed by atoms with Crippen LogP contribution in [0.5, 0.6) is 0 Å². The first-order chi connectivity index (χ1) is 8.38. The lowest BCUT2D eigenvalue weighted by Gasteiger charge is -2.00. The highest BCUT2D eigenvalue weighted by atomic mass is 32.2. The van der Waals surface area contributed by atoms with Gasteiger partial charge < -0.3 is 5.11 Å². The van der Waals surface area contributed by atoms with Crippen LogP contribution in [0.25, 0.3) is 11.3 Å². The summed E-state index contributed by atoms with van der Waals surface area (Å²) in [5.74, 6) is 0. The number of benzene rings is 1. The third kappa shape index (κ3) is 2.77. The lowest BCUT2D eigenvalue weighted by atomic mass is 10.2. The molecule has 1 N–H and O–H groups in total. The third-order valence-electron chi connectivity index (χ3n) is 2.46. The zero-order valence-electron chi connectivity index (χ0n) is 9.99. The van der Waals surface area contributed by atoms with Gasteiger partial charge in [0.05, 0.1) is 10.6 Å². The Morgan fingerprint density at radius 1 is 1.28 bits per heavy atom. The first-order valence-electron chi connectivity index (χ1n) is 5.32. The van der Waals surface area contributed by atoms with E-state index < -0.39 is 15.9 Å². The van der Waals surface area contributed by atoms with Crippen LogP contribution >= 0.6 is 11.3 Å². The first kappa shape index (κ1) is 13.2. The highest BCUT2D eigenvalue weighted by molar-refractivity contribution is 7.90. The van der Waals surface area contributed by atoms with Crippen LogP contribution in [0.4, 0.5) is 0 Å². The van der Waals surface area contributed by atoms with Crippen molar-refractivity contribution in [3.8, 4) is 11.3 Å². The summed E-state index contributed by atoms with van der Waals surface area (Å²) in [5, 5.41) is 11.9. The van der Waals surface area contributed by atoms with Crippen molar-refractivity contribution in [2.75, 3.05) is 6.26 Å². The summed E-state index contributed by atoms with van der Waals surface area (Å²) in [4.78, 5) is 4.58. The van der Waals surface area contributed by atoms with Gasteiger partial charge in [-0.3, -0.25) is 0 Å². The SMILES string of the molecule is CC(O)c1nc(-c2ccc(S(C)(=O)=O)cc2)cs1. The normalized spacial score (nSPS) is 13.5. The Labute approximate surface area is 110 Å². The van der Waals surface area contributed by atoms with E-state index in [-0.39, 0.29) is 4.90 Å². The fraction of sp³-hybridized carbons (Fsp3) is 0.250. The van der Waals surface area contributed by atoms with Gasteiger partial charge in [0.15, 0.2) is 9.84 Å². The van der Waals surface area contributed by atoms with E-state index in [1.165, 1.54) is 17.6 Å². The summed E-state index contributed by atoms with van der Waals surface area (Å²) < 4.78 is 22.7. The molecular formula is C12H13NO3S2. The number of aliphatic hydroxyl groups is 1. The maximum Gasteiger partial charge on any atom is 0.175 e. The molecule has 1 atom stereocenters. The molecule has 4 nitrogen and oxygen atoms in total. The Kier molecular flexibility index (Phi) is 3.52. The average molecular weight is 283 g/mol. The summed E-state index contributed by atoms with van der Waals surface area (Å²) in [6.45, 7) is 1.66. The Hall–Kier alpha value is -1.24. The molecule has 0 saturated heterocycles. The third-order valence-corrected chi connectivity index (χ3v) is 4.60. The van der Waals surface area contributed by atoms with E-state index in [9.17, 15) is 13.5 Å². The Morgan fingerprint density at radius 3 is 2.33 bits per heavy atom. The van der Waals surface area contributed by atoms with Crippen molar-refractivity contribution in [1.82, 2.24) is 4.98 Å². The zero-order chi connectivity index (χ0) is 13.3. The van der Waals surface area contributed by atoms with Crippen LogP contribution in [0.1, 0.15) is 18.0 Å². The van der Waals surface area contributed by atoms with Crippen LogP contribution in [0.3, 0.4) is 0 Å². The van der Waals surface area contributed by atoms with Crippen LogP contribution in [0, 0.1) is 0 Å². The molecule has 1 unspecified atom stereocenters. The number of aromatic nitrogens is 1. The molecule has 0 bridgehead atoms. The summed E-state index contributed by atoms with van der Waals surface area (Å²) in [6, 6.07) is 6.56. The number of hydrogen-bond donors (Lipinski definition) is 1. The fourth-order valence-electron chi connectivity index (χ4n) is 1.48. The van der Waals surface area contributed by atoms with Crippen molar-refractivity contribution in [1.29, 1.82) is 0 Å². The van der Waals surface area contributed by atoms with E-state index in [0.29, 0.717) is 5.01 Å². The number of aliphatic hydroxyl groups excluding tert-OH is 1. The number of thiazole rings is 1. The van der Waals surface area contributed by atoms with Crippen molar-refractivity contribution in [3.63, 3.8) is 0 Å². The maximum absolute atomic E-state index is 11.3. The van der Waals surface area contributed by atoms with Crippen molar-refractivity contribution in [3.05, 3.63) is 34.7 Å². The number of sulfone groups is 1. The smallest absolute Gasteiger partial charge is 0.175 e. The minimum atomic E-state index is -3.17. The van der Waals surface area contributed by atoms with Gasteiger partial charge in [0.25, 0.3) is 0 Å². The molecule has 2 rings (SSSR count). The first-order valence-corrected chi connectivity index (χ1v) is 8.09. The predicted octanol–water partition coefficient (Wildman–Crippen LogP) is 2.27. The van der Waals surface area contributed by atoms with Crippen molar-refractivity contribution >= 4 is 21.2 Å². The zero-order valence-corrected chi connectivity index (χ0v) is 11.6. The van der Waals surface area contributed by atoms with Crippen molar-refractivity contribution in [2.45, 2.75) is 17.9 Å². The number of nitrogens with zero attached hydrogens (tertiary/aromatic N) is 1. The van der Waals surface area contributed by atoms with E-state index in [1.807, 2.05) is 5.38 Å². The molecule has 0 amide bonds. The minimum Gasteiger partial charge on any atom is -0.386 e. The van der Waals surface area contributed by atoms with Gasteiger partial charge in [-0.2, -0.15) is 0 Å². The highest BCUT2D eigenvalue weighted by Gasteiger charge is 2.10. The molecule has 2 aromatic rings. The molecule has 0 saturated carbocycles. The van der Waals surface area contributed by atoms with E-state index >= 15 is 0 Å². The maximum atomic E-state index is 11.3. The van der Waals surface area contributed by atoms with Crippen LogP contribution < -0.4 is 0 Å². The number of rotatable bonds is 3. The summed E-state index contributed by atoms with van der Waals surface area (Å²) in [6.07, 6.45) is 0.593. The predicted molar refractivity (Wildman–Crippen MR) is 71.3 cm³/mol. The van der Waals surface area contributed by atoms with Gasteiger partial charge in [-0.1, -0.05) is 12.1 Å². The second kappa shape index (κ2) is 4.79. The molecule has 0 aliphatic rings. The van der Waals surface area contributed by atoms with E-state index in [2.05, 4.69) is 4.98 Å². The Balaban J connectivity index is 2.34. The van der Waals surface area contributed by atoms with Gasteiger partial charge in [0.1, 0.15) is 11.1 Å². The van der Waals surface area contributed by atoms with Gasteiger partial charge in [0, 0.05) is 17.2 Å². The molecular weight excluding hydrogens is 270 g/mol. The van der Waals surface area contributed by atoms with Crippen LogP contribution in [-0.4, -0.2) is 24.8 Å². The van der Waals surface area contributed by atoms with E-state index in [0.717, 1.165) is 11.3 Å². The number of hydrogen-bond acceptors (Lipinski definition) is 5. The Bertz CT molecular complexity index is 642. The second-order valence-corrected chi connectivity index (χ2v) is 6.95. The van der Waals surface area contributed by atoms with Crippen molar-refractivity contribution < 1.29 is 13.5 Å². The fourth-order valence-corrected chi connectivity index (χ4v) is 2.88. The molecule has 0 spiro atoms. The van der Waals surface area contributed by atoms with E-state index in [4.69, 9.17) is 0 Å². The summed E-state index contributed by atoms with van der Waals surface area (Å²) >= 11 is 1.38. The Morgan fingerprint density at radius 2 is 1.89 bits per heavy atom. The van der Waals surface area contributed by atoms with Gasteiger partial charge in [-0.25, -0.2) is 13.4 Å². The van der Waals surface area contributed by atoms with Crippen LogP contribution in [-0.2, 0) is 9.84 Å². The lowest BCUT2D eigenvalue weighted by molar-refractivity contribution is 0.199. The minimum absolute atomic E-state index is 0.289. The molecule has 0 aliphatic carbocycles. The van der Waals surface area contributed by atoms with Gasteiger partial charge in [-0.05, 0) is 19.1 Å². The molecule has 1 aromatic carbocycles. The van der Waals surface area contributed by atoms with Crippen LogP contribution in [0.15, 0.2) is 34.5 Å². The van der Waals surface area contributed by atoms with Gasteiger partial charge >= 0.3 is 0 Å². The average Bonchev–Trinajstić information content (AvgIpc) is 2.77. The molecule has 0 radical (unpaired) electrons. The van der Waals surface area contributed by atoms with Crippen molar-refractivity contribution in [2.24, 2.45) is 0 Å². The molecule has 0 aliphatic heterocycles. The van der Waals surface area contributed by atoms with E-state index in [1.54, 1.807) is 31.2 Å². The topological polar surface area (TPSA) is 67.3 Å². The molecule has 0 fully saturated rings. The van der Waals surface area contributed by atoms with Crippen LogP contribution in [0.2, 0.25) is 0 Å². The molecule has 1 heterocycles. The van der Waals surface area contributed by atoms with Gasteiger partial charge in [-0.15, -0.1) is 11.3 Å².